The Kier molecular flexibility index (Phi) is 8.39. The number of thiazole rings is 1. The molecule has 5 nitrogen and oxygen atoms in total. The van der Waals surface area contributed by atoms with E-state index in [0.717, 1.165) is 37.8 Å². The summed E-state index contributed by atoms with van der Waals surface area (Å²) in [6.45, 7) is 7.35. The second kappa shape index (κ2) is 9.51. The molecule has 0 aliphatic carbocycles. The standard InChI is InChI=1S/C13H22N4OS.HI/c1-3-14-13(15-7-11-5-4-6-18-11)16-8-12-10(2)17-9-19-12;/h9,11H,3-8H2,1-2H3,(H2,14,15,16);1H. The molecule has 2 rings (SSSR count). The number of aliphatic imine (C=N–C) groups is 1. The lowest BCUT2D eigenvalue weighted by Crippen LogP contribution is -2.41. The third-order valence-electron chi connectivity index (χ3n) is 3.09. The van der Waals surface area contributed by atoms with Crippen molar-refractivity contribution < 1.29 is 4.74 Å². The van der Waals surface area contributed by atoms with Gasteiger partial charge in [-0.2, -0.15) is 0 Å². The van der Waals surface area contributed by atoms with Gasteiger partial charge in [0.15, 0.2) is 5.96 Å². The molecule has 1 unspecified atom stereocenters. The first kappa shape index (κ1) is 17.6. The molecular weight excluding hydrogens is 387 g/mol. The molecule has 0 aromatic carbocycles. The maximum absolute atomic E-state index is 5.60. The van der Waals surface area contributed by atoms with Gasteiger partial charge >= 0.3 is 0 Å². The van der Waals surface area contributed by atoms with Gasteiger partial charge in [-0.25, -0.2) is 9.98 Å². The van der Waals surface area contributed by atoms with E-state index in [0.29, 0.717) is 12.6 Å². The summed E-state index contributed by atoms with van der Waals surface area (Å²) in [7, 11) is 0. The number of hydrogen-bond donors (Lipinski definition) is 2. The van der Waals surface area contributed by atoms with Crippen molar-refractivity contribution in [1.29, 1.82) is 0 Å². The van der Waals surface area contributed by atoms with Crippen molar-refractivity contribution in [3.63, 3.8) is 0 Å². The monoisotopic (exact) mass is 410 g/mol. The van der Waals surface area contributed by atoms with Crippen LogP contribution in [0.25, 0.3) is 0 Å². The molecule has 1 fully saturated rings. The van der Waals surface area contributed by atoms with Gasteiger partial charge in [-0.05, 0) is 26.7 Å². The van der Waals surface area contributed by atoms with Crippen LogP contribution in [0.1, 0.15) is 30.3 Å². The molecule has 1 aliphatic rings. The lowest BCUT2D eigenvalue weighted by molar-refractivity contribution is 0.114. The van der Waals surface area contributed by atoms with Crippen molar-refractivity contribution in [2.75, 3.05) is 19.7 Å². The summed E-state index contributed by atoms with van der Waals surface area (Å²) in [5.41, 5.74) is 2.94. The van der Waals surface area contributed by atoms with Crippen LogP contribution in [0.3, 0.4) is 0 Å². The van der Waals surface area contributed by atoms with Crippen LogP contribution in [-0.2, 0) is 11.3 Å². The number of rotatable bonds is 5. The molecule has 0 radical (unpaired) electrons. The fourth-order valence-corrected chi connectivity index (χ4v) is 2.69. The number of aromatic nitrogens is 1. The Morgan fingerprint density at radius 1 is 1.55 bits per heavy atom. The molecule has 0 saturated carbocycles. The Bertz CT molecular complexity index is 418. The minimum atomic E-state index is 0. The van der Waals surface area contributed by atoms with Gasteiger partial charge < -0.3 is 15.4 Å². The molecular formula is C13H23IN4OS. The van der Waals surface area contributed by atoms with E-state index in [1.54, 1.807) is 11.3 Å². The summed E-state index contributed by atoms with van der Waals surface area (Å²) < 4.78 is 5.60. The van der Waals surface area contributed by atoms with Crippen molar-refractivity contribution in [3.05, 3.63) is 16.1 Å². The number of nitrogens with zero attached hydrogens (tertiary/aromatic N) is 2. The summed E-state index contributed by atoms with van der Waals surface area (Å²) in [5.74, 6) is 0.853. The molecule has 1 saturated heterocycles. The molecule has 1 aromatic rings. The van der Waals surface area contributed by atoms with Gasteiger partial charge in [-0.15, -0.1) is 35.3 Å². The lowest BCUT2D eigenvalue weighted by atomic mass is 10.2. The van der Waals surface area contributed by atoms with Crippen molar-refractivity contribution >= 4 is 41.3 Å². The fourth-order valence-electron chi connectivity index (χ4n) is 1.99. The SMILES string of the molecule is CCNC(=NCc1scnc1C)NCC1CCCO1.I. The zero-order valence-electron chi connectivity index (χ0n) is 12.0. The summed E-state index contributed by atoms with van der Waals surface area (Å²) in [6, 6.07) is 0. The van der Waals surface area contributed by atoms with E-state index < -0.39 is 0 Å². The highest BCUT2D eigenvalue weighted by atomic mass is 127. The van der Waals surface area contributed by atoms with Crippen molar-refractivity contribution in [2.24, 2.45) is 4.99 Å². The van der Waals surface area contributed by atoms with Crippen LogP contribution in [0.5, 0.6) is 0 Å². The zero-order valence-corrected chi connectivity index (χ0v) is 15.2. The number of aryl methyl sites for hydroxylation is 1. The predicted octanol–water partition coefficient (Wildman–Crippen LogP) is 2.30. The van der Waals surface area contributed by atoms with E-state index in [-0.39, 0.29) is 24.0 Å². The average Bonchev–Trinajstić information content (AvgIpc) is 3.04. The van der Waals surface area contributed by atoms with E-state index >= 15 is 0 Å². The van der Waals surface area contributed by atoms with E-state index in [4.69, 9.17) is 4.74 Å². The average molecular weight is 410 g/mol. The van der Waals surface area contributed by atoms with Gasteiger partial charge in [0.25, 0.3) is 0 Å². The highest BCUT2D eigenvalue weighted by Gasteiger charge is 2.15. The van der Waals surface area contributed by atoms with E-state index in [9.17, 15) is 0 Å². The number of ether oxygens (including phenoxy) is 1. The maximum Gasteiger partial charge on any atom is 0.191 e. The third kappa shape index (κ3) is 5.53. The Morgan fingerprint density at radius 3 is 3.00 bits per heavy atom. The molecule has 2 heterocycles. The molecule has 0 bridgehead atoms. The first-order valence-corrected chi connectivity index (χ1v) is 7.70. The minimum Gasteiger partial charge on any atom is -0.376 e. The van der Waals surface area contributed by atoms with Gasteiger partial charge in [0, 0.05) is 24.6 Å². The summed E-state index contributed by atoms with van der Waals surface area (Å²) in [4.78, 5) is 10.0. The van der Waals surface area contributed by atoms with Gasteiger partial charge in [0.2, 0.25) is 0 Å². The van der Waals surface area contributed by atoms with Crippen LogP contribution in [0.2, 0.25) is 0 Å². The highest BCUT2D eigenvalue weighted by Crippen LogP contribution is 2.13. The minimum absolute atomic E-state index is 0. The molecule has 2 N–H and O–H groups in total. The van der Waals surface area contributed by atoms with Gasteiger partial charge in [-0.1, -0.05) is 0 Å². The smallest absolute Gasteiger partial charge is 0.191 e. The van der Waals surface area contributed by atoms with Gasteiger partial charge in [0.05, 0.1) is 23.9 Å². The summed E-state index contributed by atoms with van der Waals surface area (Å²) >= 11 is 1.65. The Labute approximate surface area is 141 Å². The summed E-state index contributed by atoms with van der Waals surface area (Å²) in [6.07, 6.45) is 2.63. The fraction of sp³-hybridized carbons (Fsp3) is 0.692. The molecule has 1 aromatic heterocycles. The third-order valence-corrected chi connectivity index (χ3v) is 4.01. The number of halogens is 1. The second-order valence-electron chi connectivity index (χ2n) is 4.57. The van der Waals surface area contributed by atoms with Crippen LogP contribution in [0, 0.1) is 6.92 Å². The van der Waals surface area contributed by atoms with Crippen molar-refractivity contribution in [2.45, 2.75) is 39.3 Å². The van der Waals surface area contributed by atoms with Gasteiger partial charge in [-0.3, -0.25) is 0 Å². The second-order valence-corrected chi connectivity index (χ2v) is 5.51. The molecule has 114 valence electrons. The number of guanidine groups is 1. The number of hydrogen-bond acceptors (Lipinski definition) is 4. The van der Waals surface area contributed by atoms with Crippen molar-refractivity contribution in [1.82, 2.24) is 15.6 Å². The first-order chi connectivity index (χ1) is 9.29. The molecule has 1 aliphatic heterocycles. The zero-order chi connectivity index (χ0) is 13.5. The predicted molar refractivity (Wildman–Crippen MR) is 94.1 cm³/mol. The Hall–Kier alpha value is -0.410. The van der Waals surface area contributed by atoms with Crippen LogP contribution < -0.4 is 10.6 Å². The lowest BCUT2D eigenvalue weighted by Gasteiger charge is -2.14. The first-order valence-electron chi connectivity index (χ1n) is 6.82. The van der Waals surface area contributed by atoms with Crippen LogP contribution in [0.15, 0.2) is 10.5 Å². The topological polar surface area (TPSA) is 58.5 Å². The molecule has 1 atom stereocenters. The largest absolute Gasteiger partial charge is 0.376 e. The van der Waals surface area contributed by atoms with E-state index in [1.807, 2.05) is 12.4 Å². The van der Waals surface area contributed by atoms with Crippen LogP contribution in [-0.4, -0.2) is 36.7 Å². The van der Waals surface area contributed by atoms with E-state index in [1.165, 1.54) is 11.3 Å². The highest BCUT2D eigenvalue weighted by molar-refractivity contribution is 14.0. The van der Waals surface area contributed by atoms with Gasteiger partial charge in [0.1, 0.15) is 0 Å². The number of nitrogens with one attached hydrogen (secondary N) is 2. The molecule has 7 heteroatoms. The normalized spacial score (nSPS) is 18.7. The Morgan fingerprint density at radius 2 is 2.40 bits per heavy atom. The molecule has 20 heavy (non-hydrogen) atoms. The molecule has 0 spiro atoms. The quantitative estimate of drug-likeness (QED) is 0.445. The Balaban J connectivity index is 0.00000200. The van der Waals surface area contributed by atoms with Crippen LogP contribution in [0.4, 0.5) is 0 Å². The van der Waals surface area contributed by atoms with Crippen LogP contribution >= 0.6 is 35.3 Å². The molecule has 0 amide bonds. The maximum atomic E-state index is 5.60. The summed E-state index contributed by atoms with van der Waals surface area (Å²) in [5, 5.41) is 6.60. The van der Waals surface area contributed by atoms with Crippen molar-refractivity contribution in [3.8, 4) is 0 Å². The van der Waals surface area contributed by atoms with E-state index in [2.05, 4.69) is 27.5 Å².